The minimum absolute atomic E-state index is 0.195. The highest BCUT2D eigenvalue weighted by atomic mass is 32.1. The van der Waals surface area contributed by atoms with E-state index in [1.807, 2.05) is 11.4 Å². The fourth-order valence-electron chi connectivity index (χ4n) is 0.770. The van der Waals surface area contributed by atoms with Gasteiger partial charge in [0.05, 0.1) is 12.6 Å². The zero-order valence-corrected chi connectivity index (χ0v) is 6.79. The molecule has 0 saturated heterocycles. The maximum atomic E-state index is 9.40. The molecule has 0 saturated carbocycles. The zero-order valence-electron chi connectivity index (χ0n) is 5.97. The summed E-state index contributed by atoms with van der Waals surface area (Å²) in [7, 11) is 0. The second-order valence-corrected chi connectivity index (χ2v) is 3.29. The van der Waals surface area contributed by atoms with Crippen molar-refractivity contribution >= 4 is 11.3 Å². The lowest BCUT2D eigenvalue weighted by atomic mass is 10.1. The van der Waals surface area contributed by atoms with Crippen molar-refractivity contribution in [2.45, 2.75) is 12.1 Å². The summed E-state index contributed by atoms with van der Waals surface area (Å²) in [5.41, 5.74) is 5.41. The van der Waals surface area contributed by atoms with Gasteiger partial charge in [0.15, 0.2) is 0 Å². The molecule has 0 aromatic carbocycles. The van der Waals surface area contributed by atoms with Gasteiger partial charge < -0.3 is 15.9 Å². The highest BCUT2D eigenvalue weighted by Gasteiger charge is 2.15. The molecule has 4 N–H and O–H groups in total. The van der Waals surface area contributed by atoms with Gasteiger partial charge in [-0.15, -0.1) is 11.3 Å². The highest BCUT2D eigenvalue weighted by Crippen LogP contribution is 2.20. The van der Waals surface area contributed by atoms with Crippen LogP contribution in [-0.4, -0.2) is 22.9 Å². The normalized spacial score (nSPS) is 16.3. The second-order valence-electron chi connectivity index (χ2n) is 2.31. The van der Waals surface area contributed by atoms with Crippen LogP contribution in [0, 0.1) is 0 Å². The summed E-state index contributed by atoms with van der Waals surface area (Å²) in [5, 5.41) is 19.9. The van der Waals surface area contributed by atoms with Crippen LogP contribution >= 0.6 is 11.3 Å². The molecule has 11 heavy (non-hydrogen) atoms. The van der Waals surface area contributed by atoms with Crippen molar-refractivity contribution in [3.05, 3.63) is 22.4 Å². The Labute approximate surface area is 69.1 Å². The van der Waals surface area contributed by atoms with E-state index in [9.17, 15) is 5.11 Å². The van der Waals surface area contributed by atoms with Crippen LogP contribution < -0.4 is 5.73 Å². The monoisotopic (exact) mass is 173 g/mol. The number of hydrogen-bond donors (Lipinski definition) is 3. The van der Waals surface area contributed by atoms with Crippen LogP contribution in [0.15, 0.2) is 17.5 Å². The van der Waals surface area contributed by atoms with E-state index in [2.05, 4.69) is 0 Å². The summed E-state index contributed by atoms with van der Waals surface area (Å²) in [5.74, 6) is 0. The van der Waals surface area contributed by atoms with Gasteiger partial charge in [0, 0.05) is 4.88 Å². The van der Waals surface area contributed by atoms with Crippen molar-refractivity contribution in [2.75, 3.05) is 6.61 Å². The molecule has 1 aromatic heterocycles. The lowest BCUT2D eigenvalue weighted by Gasteiger charge is -2.14. The Morgan fingerprint density at radius 3 is 2.82 bits per heavy atom. The van der Waals surface area contributed by atoms with Gasteiger partial charge in [0.25, 0.3) is 0 Å². The van der Waals surface area contributed by atoms with Crippen LogP contribution in [-0.2, 0) is 0 Å². The third kappa shape index (κ3) is 2.00. The summed E-state index contributed by atoms with van der Waals surface area (Å²) in [6.07, 6.45) is -0.736. The number of aliphatic hydroxyl groups is 2. The lowest BCUT2D eigenvalue weighted by molar-refractivity contribution is 0.112. The number of nitrogens with two attached hydrogens (primary N) is 1. The van der Waals surface area contributed by atoms with E-state index in [1.54, 1.807) is 6.07 Å². The fourth-order valence-corrected chi connectivity index (χ4v) is 1.56. The van der Waals surface area contributed by atoms with Crippen LogP contribution in [0.3, 0.4) is 0 Å². The van der Waals surface area contributed by atoms with E-state index in [1.165, 1.54) is 11.3 Å². The molecule has 0 aliphatic carbocycles. The molecule has 1 heterocycles. The number of aliphatic hydroxyl groups excluding tert-OH is 2. The van der Waals surface area contributed by atoms with E-state index < -0.39 is 12.1 Å². The van der Waals surface area contributed by atoms with E-state index in [0.29, 0.717) is 0 Å². The number of thiophene rings is 1. The van der Waals surface area contributed by atoms with Gasteiger partial charge in [0.1, 0.15) is 6.10 Å². The first kappa shape index (κ1) is 8.67. The van der Waals surface area contributed by atoms with Gasteiger partial charge in [-0.25, -0.2) is 0 Å². The molecule has 0 aliphatic rings. The molecule has 4 heteroatoms. The van der Waals surface area contributed by atoms with Gasteiger partial charge in [-0.05, 0) is 11.4 Å². The summed E-state index contributed by atoms with van der Waals surface area (Å²) >= 11 is 1.43. The van der Waals surface area contributed by atoms with Crippen LogP contribution in [0.5, 0.6) is 0 Å². The SMILES string of the molecule is NC(CO)C(O)c1cccs1. The minimum Gasteiger partial charge on any atom is -0.395 e. The molecule has 1 rings (SSSR count). The molecule has 62 valence electrons. The first-order valence-corrected chi connectivity index (χ1v) is 4.21. The molecule has 2 unspecified atom stereocenters. The van der Waals surface area contributed by atoms with Crippen molar-refractivity contribution in [2.24, 2.45) is 5.73 Å². The Hall–Kier alpha value is -0.420. The highest BCUT2D eigenvalue weighted by molar-refractivity contribution is 7.10. The van der Waals surface area contributed by atoms with E-state index in [-0.39, 0.29) is 6.61 Å². The molecule has 0 amide bonds. The third-order valence-corrected chi connectivity index (χ3v) is 2.39. The number of hydrogen-bond acceptors (Lipinski definition) is 4. The maximum absolute atomic E-state index is 9.40. The Balaban J connectivity index is 2.62. The van der Waals surface area contributed by atoms with E-state index in [0.717, 1.165) is 4.88 Å². The van der Waals surface area contributed by atoms with Crippen LogP contribution in [0.4, 0.5) is 0 Å². The predicted molar refractivity (Wildman–Crippen MR) is 44.3 cm³/mol. The van der Waals surface area contributed by atoms with Gasteiger partial charge in [-0.1, -0.05) is 6.07 Å². The smallest absolute Gasteiger partial charge is 0.105 e. The number of rotatable bonds is 3. The van der Waals surface area contributed by atoms with Crippen molar-refractivity contribution in [3.63, 3.8) is 0 Å². The van der Waals surface area contributed by atoms with Gasteiger partial charge >= 0.3 is 0 Å². The molecule has 0 fully saturated rings. The average molecular weight is 173 g/mol. The van der Waals surface area contributed by atoms with Crippen molar-refractivity contribution in [1.29, 1.82) is 0 Å². The zero-order chi connectivity index (χ0) is 8.27. The molecule has 1 aromatic rings. The average Bonchev–Trinajstić information content (AvgIpc) is 2.53. The Kier molecular flexibility index (Phi) is 3.02. The molecule has 0 radical (unpaired) electrons. The molecular weight excluding hydrogens is 162 g/mol. The standard InChI is InChI=1S/C7H11NO2S/c8-5(4-9)7(10)6-2-1-3-11-6/h1-3,5,7,9-10H,4,8H2. The van der Waals surface area contributed by atoms with Crippen LogP contribution in [0.25, 0.3) is 0 Å². The van der Waals surface area contributed by atoms with Gasteiger partial charge in [-0.2, -0.15) is 0 Å². The Bertz CT molecular complexity index is 200. The third-order valence-electron chi connectivity index (χ3n) is 1.45. The summed E-state index contributed by atoms with van der Waals surface area (Å²) in [4.78, 5) is 0.798. The largest absolute Gasteiger partial charge is 0.395 e. The molecule has 0 spiro atoms. The fraction of sp³-hybridized carbons (Fsp3) is 0.429. The minimum atomic E-state index is -0.736. The second kappa shape index (κ2) is 3.82. The molecule has 2 atom stereocenters. The molecule has 0 aliphatic heterocycles. The molecular formula is C7H11NO2S. The topological polar surface area (TPSA) is 66.5 Å². The maximum Gasteiger partial charge on any atom is 0.105 e. The molecule has 3 nitrogen and oxygen atoms in total. The van der Waals surface area contributed by atoms with Crippen molar-refractivity contribution < 1.29 is 10.2 Å². The summed E-state index contributed by atoms with van der Waals surface area (Å²) in [6, 6.07) is 3.06. The lowest BCUT2D eigenvalue weighted by Crippen LogP contribution is -2.31. The first-order valence-electron chi connectivity index (χ1n) is 3.33. The molecule has 0 bridgehead atoms. The van der Waals surface area contributed by atoms with Crippen molar-refractivity contribution in [3.8, 4) is 0 Å². The van der Waals surface area contributed by atoms with E-state index in [4.69, 9.17) is 10.8 Å². The van der Waals surface area contributed by atoms with Crippen LogP contribution in [0.1, 0.15) is 11.0 Å². The summed E-state index contributed by atoms with van der Waals surface area (Å²) < 4.78 is 0. The quantitative estimate of drug-likeness (QED) is 0.607. The van der Waals surface area contributed by atoms with E-state index >= 15 is 0 Å². The predicted octanol–water partition coefficient (Wildman–Crippen LogP) is 0.101. The summed E-state index contributed by atoms with van der Waals surface area (Å²) in [6.45, 7) is -0.195. The first-order chi connectivity index (χ1) is 5.25. The van der Waals surface area contributed by atoms with Crippen LogP contribution in [0.2, 0.25) is 0 Å². The van der Waals surface area contributed by atoms with Gasteiger partial charge in [-0.3, -0.25) is 0 Å². The Morgan fingerprint density at radius 1 is 1.64 bits per heavy atom. The Morgan fingerprint density at radius 2 is 2.36 bits per heavy atom. The van der Waals surface area contributed by atoms with Gasteiger partial charge in [0.2, 0.25) is 0 Å². The van der Waals surface area contributed by atoms with Crippen molar-refractivity contribution in [1.82, 2.24) is 0 Å².